The van der Waals surface area contributed by atoms with Crippen molar-refractivity contribution in [3.8, 4) is 5.75 Å². The fourth-order valence-corrected chi connectivity index (χ4v) is 2.61. The average Bonchev–Trinajstić information content (AvgIpc) is 2.68. The minimum absolute atomic E-state index is 0.0922. The third-order valence-electron chi connectivity index (χ3n) is 4.62. The molecule has 1 amide bonds. The molecule has 138 valence electrons. The Morgan fingerprint density at radius 3 is 2.58 bits per heavy atom. The van der Waals surface area contributed by atoms with Gasteiger partial charge in [0.1, 0.15) is 12.4 Å². The zero-order valence-corrected chi connectivity index (χ0v) is 15.1. The van der Waals surface area contributed by atoms with E-state index < -0.39 is 11.4 Å². The Morgan fingerprint density at radius 2 is 1.96 bits per heavy atom. The number of aliphatic carboxylic acids is 1. The Hall–Kier alpha value is -2.89. The molecule has 0 aliphatic rings. The Balaban J connectivity index is 2.00. The van der Waals surface area contributed by atoms with Gasteiger partial charge in [-0.2, -0.15) is 0 Å². The predicted molar refractivity (Wildman–Crippen MR) is 98.0 cm³/mol. The van der Waals surface area contributed by atoms with Gasteiger partial charge in [-0.25, -0.2) is 0 Å². The summed E-state index contributed by atoms with van der Waals surface area (Å²) in [5.41, 5.74) is 0.420. The first-order valence-corrected chi connectivity index (χ1v) is 8.64. The molecule has 1 heterocycles. The summed E-state index contributed by atoms with van der Waals surface area (Å²) >= 11 is 0. The van der Waals surface area contributed by atoms with Crippen molar-refractivity contribution in [2.45, 2.75) is 33.3 Å². The Bertz CT molecular complexity index is 742. The zero-order chi connectivity index (χ0) is 19.0. The van der Waals surface area contributed by atoms with Gasteiger partial charge in [0.25, 0.3) is 5.91 Å². The molecule has 0 spiro atoms. The molecular weight excluding hydrogens is 332 g/mol. The minimum Gasteiger partial charge on any atom is -0.489 e. The molecule has 2 aromatic rings. The molecule has 0 radical (unpaired) electrons. The van der Waals surface area contributed by atoms with E-state index in [1.165, 1.54) is 0 Å². The molecule has 2 N–H and O–H groups in total. The van der Waals surface area contributed by atoms with Crippen molar-refractivity contribution in [2.75, 3.05) is 6.54 Å². The van der Waals surface area contributed by atoms with Crippen molar-refractivity contribution in [1.82, 2.24) is 10.3 Å². The van der Waals surface area contributed by atoms with E-state index in [-0.39, 0.29) is 12.5 Å². The van der Waals surface area contributed by atoms with Crippen molar-refractivity contribution in [1.29, 1.82) is 0 Å². The first kappa shape index (κ1) is 19.4. The number of carbonyl (C=O) groups is 2. The number of carbonyl (C=O) groups excluding carboxylic acids is 1. The molecule has 0 unspecified atom stereocenters. The van der Waals surface area contributed by atoms with Crippen LogP contribution >= 0.6 is 0 Å². The van der Waals surface area contributed by atoms with Crippen LogP contribution in [0.3, 0.4) is 0 Å². The number of carboxylic acids is 1. The van der Waals surface area contributed by atoms with E-state index in [1.807, 2.05) is 26.0 Å². The number of hydrogen-bond acceptors (Lipinski definition) is 4. The van der Waals surface area contributed by atoms with E-state index in [9.17, 15) is 14.7 Å². The van der Waals surface area contributed by atoms with Crippen molar-refractivity contribution in [2.24, 2.45) is 5.41 Å². The maximum absolute atomic E-state index is 12.4. The van der Waals surface area contributed by atoms with Crippen molar-refractivity contribution < 1.29 is 19.4 Å². The van der Waals surface area contributed by atoms with Crippen LogP contribution in [-0.4, -0.2) is 28.5 Å². The SMILES string of the molecule is CCC(CC)(CNC(=O)c1cccc(OCc2cccnc2)c1)C(=O)O. The van der Waals surface area contributed by atoms with Crippen LogP contribution in [0.25, 0.3) is 0 Å². The van der Waals surface area contributed by atoms with Gasteiger partial charge in [0.15, 0.2) is 0 Å². The van der Waals surface area contributed by atoms with Gasteiger partial charge in [-0.3, -0.25) is 14.6 Å². The molecule has 26 heavy (non-hydrogen) atoms. The molecule has 0 aliphatic carbocycles. The van der Waals surface area contributed by atoms with Gasteiger partial charge in [0, 0.05) is 30.1 Å². The Kier molecular flexibility index (Phi) is 6.72. The van der Waals surface area contributed by atoms with E-state index in [2.05, 4.69) is 10.3 Å². The number of pyridine rings is 1. The molecule has 0 fully saturated rings. The van der Waals surface area contributed by atoms with Gasteiger partial charge in [-0.05, 0) is 37.1 Å². The maximum Gasteiger partial charge on any atom is 0.311 e. The molecule has 0 saturated heterocycles. The Labute approximate surface area is 153 Å². The number of benzene rings is 1. The minimum atomic E-state index is -0.940. The van der Waals surface area contributed by atoms with Crippen LogP contribution in [0.1, 0.15) is 42.6 Å². The highest BCUT2D eigenvalue weighted by Gasteiger charge is 2.35. The number of aromatic nitrogens is 1. The summed E-state index contributed by atoms with van der Waals surface area (Å²) in [6.07, 6.45) is 4.32. The first-order chi connectivity index (χ1) is 12.5. The predicted octanol–water partition coefficient (Wildman–Crippen LogP) is 3.28. The van der Waals surface area contributed by atoms with Gasteiger partial charge in [-0.15, -0.1) is 0 Å². The summed E-state index contributed by atoms with van der Waals surface area (Å²) in [6, 6.07) is 10.6. The van der Waals surface area contributed by atoms with Gasteiger partial charge in [0.2, 0.25) is 0 Å². The van der Waals surface area contributed by atoms with Gasteiger partial charge >= 0.3 is 5.97 Å². The van der Waals surface area contributed by atoms with Crippen LogP contribution in [0.15, 0.2) is 48.8 Å². The third kappa shape index (κ3) is 4.81. The average molecular weight is 356 g/mol. The number of nitrogens with zero attached hydrogens (tertiary/aromatic N) is 1. The molecule has 2 rings (SSSR count). The van der Waals surface area contributed by atoms with Crippen LogP contribution in [-0.2, 0) is 11.4 Å². The lowest BCUT2D eigenvalue weighted by Gasteiger charge is -2.26. The number of amides is 1. The van der Waals surface area contributed by atoms with Crippen molar-refractivity contribution in [3.63, 3.8) is 0 Å². The number of carboxylic acid groups (broad SMARTS) is 1. The number of hydrogen-bond donors (Lipinski definition) is 2. The van der Waals surface area contributed by atoms with E-state index >= 15 is 0 Å². The van der Waals surface area contributed by atoms with E-state index in [0.717, 1.165) is 5.56 Å². The molecule has 0 atom stereocenters. The van der Waals surface area contributed by atoms with Gasteiger partial charge in [0.05, 0.1) is 5.41 Å². The molecule has 6 heteroatoms. The van der Waals surface area contributed by atoms with Gasteiger partial charge < -0.3 is 15.2 Å². The lowest BCUT2D eigenvalue weighted by Crippen LogP contribution is -2.42. The topological polar surface area (TPSA) is 88.5 Å². The third-order valence-corrected chi connectivity index (χ3v) is 4.62. The normalized spacial score (nSPS) is 11.0. The second-order valence-corrected chi connectivity index (χ2v) is 6.15. The summed E-state index contributed by atoms with van der Waals surface area (Å²) in [5.74, 6) is -0.641. The fraction of sp³-hybridized carbons (Fsp3) is 0.350. The highest BCUT2D eigenvalue weighted by molar-refractivity contribution is 5.94. The van der Waals surface area contributed by atoms with Crippen molar-refractivity contribution in [3.05, 3.63) is 59.9 Å². The second-order valence-electron chi connectivity index (χ2n) is 6.15. The number of rotatable bonds is 9. The van der Waals surface area contributed by atoms with Crippen LogP contribution in [0, 0.1) is 5.41 Å². The molecular formula is C20H24N2O4. The van der Waals surface area contributed by atoms with E-state index in [0.29, 0.717) is 30.8 Å². The zero-order valence-electron chi connectivity index (χ0n) is 15.1. The van der Waals surface area contributed by atoms with E-state index in [4.69, 9.17) is 4.74 Å². The standard InChI is InChI=1S/C20H24N2O4/c1-3-20(4-2,19(24)25)14-22-18(23)16-8-5-9-17(11-16)26-13-15-7-6-10-21-12-15/h5-12H,3-4,13-14H2,1-2H3,(H,22,23)(H,24,25). The first-order valence-electron chi connectivity index (χ1n) is 8.64. The van der Waals surface area contributed by atoms with Crippen LogP contribution < -0.4 is 10.1 Å². The number of nitrogens with one attached hydrogen (secondary N) is 1. The summed E-state index contributed by atoms with van der Waals surface area (Å²) < 4.78 is 5.69. The smallest absolute Gasteiger partial charge is 0.311 e. The quantitative estimate of drug-likeness (QED) is 0.720. The summed E-state index contributed by atoms with van der Waals surface area (Å²) in [7, 11) is 0. The highest BCUT2D eigenvalue weighted by Crippen LogP contribution is 2.26. The lowest BCUT2D eigenvalue weighted by molar-refractivity contribution is -0.149. The van der Waals surface area contributed by atoms with Gasteiger partial charge in [-0.1, -0.05) is 26.0 Å². The summed E-state index contributed by atoms with van der Waals surface area (Å²) in [5, 5.41) is 12.2. The highest BCUT2D eigenvalue weighted by atomic mass is 16.5. The lowest BCUT2D eigenvalue weighted by atomic mass is 9.82. The molecule has 0 saturated carbocycles. The summed E-state index contributed by atoms with van der Waals surface area (Å²) in [6.45, 7) is 4.08. The largest absolute Gasteiger partial charge is 0.489 e. The molecule has 1 aromatic carbocycles. The van der Waals surface area contributed by atoms with E-state index in [1.54, 1.807) is 36.7 Å². The van der Waals surface area contributed by atoms with Crippen LogP contribution in [0.5, 0.6) is 5.75 Å². The Morgan fingerprint density at radius 1 is 1.19 bits per heavy atom. The summed E-state index contributed by atoms with van der Waals surface area (Å²) in [4.78, 5) is 28.0. The monoisotopic (exact) mass is 356 g/mol. The van der Waals surface area contributed by atoms with Crippen LogP contribution in [0.4, 0.5) is 0 Å². The molecule has 0 bridgehead atoms. The molecule has 1 aromatic heterocycles. The van der Waals surface area contributed by atoms with Crippen LogP contribution in [0.2, 0.25) is 0 Å². The second kappa shape index (κ2) is 8.99. The molecule has 0 aliphatic heterocycles. The number of ether oxygens (including phenoxy) is 1. The maximum atomic E-state index is 12.4. The van der Waals surface area contributed by atoms with Crippen molar-refractivity contribution >= 4 is 11.9 Å². The fourth-order valence-electron chi connectivity index (χ4n) is 2.61. The molecule has 6 nitrogen and oxygen atoms in total.